The maximum absolute atomic E-state index is 10.6. The van der Waals surface area contributed by atoms with Crippen LogP contribution in [0, 0.1) is 0 Å². The van der Waals surface area contributed by atoms with E-state index < -0.39 is 6.09 Å². The summed E-state index contributed by atoms with van der Waals surface area (Å²) in [6.45, 7) is 0.0653. The van der Waals surface area contributed by atoms with Gasteiger partial charge in [-0.25, -0.2) is 9.78 Å². The quantitative estimate of drug-likeness (QED) is 0.815. The zero-order valence-corrected chi connectivity index (χ0v) is 14.5. The van der Waals surface area contributed by atoms with Crippen molar-refractivity contribution in [1.29, 1.82) is 0 Å². The van der Waals surface area contributed by atoms with Gasteiger partial charge in [-0.05, 0) is 12.1 Å². The summed E-state index contributed by atoms with van der Waals surface area (Å²) >= 11 is 2.90. The summed E-state index contributed by atoms with van der Waals surface area (Å²) in [6.07, 6.45) is 0.886. The first kappa shape index (κ1) is 17.2. The van der Waals surface area contributed by atoms with Gasteiger partial charge < -0.3 is 24.7 Å². The highest BCUT2D eigenvalue weighted by atomic mass is 32.2. The molecule has 0 aliphatic carbocycles. The number of thiazole rings is 1. The molecule has 0 spiro atoms. The number of nitrogens with two attached hydrogens (primary N) is 1. The Balaban J connectivity index is 2.18. The van der Waals surface area contributed by atoms with E-state index in [1.54, 1.807) is 27.5 Å². The minimum absolute atomic E-state index is 0.0653. The van der Waals surface area contributed by atoms with Crippen molar-refractivity contribution in [3.05, 3.63) is 23.3 Å². The number of ether oxygens (including phenoxy) is 4. The number of hydrogen-bond acceptors (Lipinski definition) is 8. The largest absolute Gasteiger partial charge is 0.493 e. The molecular formula is C14H16N2O5S2. The van der Waals surface area contributed by atoms with Crippen LogP contribution in [-0.2, 0) is 11.3 Å². The van der Waals surface area contributed by atoms with E-state index >= 15 is 0 Å². The fourth-order valence-electron chi connectivity index (χ4n) is 1.77. The molecule has 0 radical (unpaired) electrons. The SMILES string of the molecule is COc1cc(Sc2cnc(COC(N)=O)s2)cc(OC)c1OC. The molecule has 1 amide bonds. The first-order valence-corrected chi connectivity index (χ1v) is 8.05. The average molecular weight is 356 g/mol. The molecule has 0 fully saturated rings. The van der Waals surface area contributed by atoms with E-state index in [2.05, 4.69) is 4.98 Å². The molecule has 2 N–H and O–H groups in total. The van der Waals surface area contributed by atoms with Crippen molar-refractivity contribution in [3.63, 3.8) is 0 Å². The Hall–Kier alpha value is -2.13. The lowest BCUT2D eigenvalue weighted by molar-refractivity contribution is 0.150. The number of aromatic nitrogens is 1. The molecule has 0 unspecified atom stereocenters. The van der Waals surface area contributed by atoms with Crippen molar-refractivity contribution in [2.24, 2.45) is 5.73 Å². The van der Waals surface area contributed by atoms with Crippen molar-refractivity contribution in [2.45, 2.75) is 15.7 Å². The molecule has 124 valence electrons. The number of methoxy groups -OCH3 is 3. The van der Waals surface area contributed by atoms with E-state index in [4.69, 9.17) is 24.7 Å². The van der Waals surface area contributed by atoms with Crippen LogP contribution in [0.15, 0.2) is 27.4 Å². The number of carbonyl (C=O) groups excluding carboxylic acids is 1. The highest BCUT2D eigenvalue weighted by Crippen LogP contribution is 2.43. The molecule has 0 saturated carbocycles. The molecule has 2 aromatic rings. The van der Waals surface area contributed by atoms with Gasteiger partial charge in [0.05, 0.1) is 31.7 Å². The fourth-order valence-corrected chi connectivity index (χ4v) is 3.75. The number of rotatable bonds is 7. The van der Waals surface area contributed by atoms with Gasteiger partial charge in [-0.15, -0.1) is 11.3 Å². The second kappa shape index (κ2) is 7.93. The van der Waals surface area contributed by atoms with Gasteiger partial charge in [0, 0.05) is 4.90 Å². The average Bonchev–Trinajstić information content (AvgIpc) is 2.99. The number of carbonyl (C=O) groups is 1. The lowest BCUT2D eigenvalue weighted by Crippen LogP contribution is -2.12. The minimum Gasteiger partial charge on any atom is -0.493 e. The Kier molecular flexibility index (Phi) is 5.94. The molecule has 1 aromatic carbocycles. The van der Waals surface area contributed by atoms with Crippen LogP contribution in [0.4, 0.5) is 4.79 Å². The van der Waals surface area contributed by atoms with Crippen molar-refractivity contribution >= 4 is 29.2 Å². The molecule has 0 aliphatic heterocycles. The lowest BCUT2D eigenvalue weighted by atomic mass is 10.3. The molecule has 1 aromatic heterocycles. The Bertz CT molecular complexity index is 665. The van der Waals surface area contributed by atoms with Gasteiger partial charge in [0.1, 0.15) is 11.6 Å². The van der Waals surface area contributed by atoms with Gasteiger partial charge in [-0.3, -0.25) is 0 Å². The monoisotopic (exact) mass is 356 g/mol. The number of primary amides is 1. The maximum atomic E-state index is 10.6. The molecule has 0 atom stereocenters. The Morgan fingerprint density at radius 2 is 1.87 bits per heavy atom. The molecule has 2 rings (SSSR count). The third-order valence-corrected chi connectivity index (χ3v) is 4.77. The zero-order valence-electron chi connectivity index (χ0n) is 12.8. The summed E-state index contributed by atoms with van der Waals surface area (Å²) in [5.74, 6) is 1.70. The lowest BCUT2D eigenvalue weighted by Gasteiger charge is -2.13. The fraction of sp³-hybridized carbons (Fsp3) is 0.286. The second-order valence-corrected chi connectivity index (χ2v) is 6.63. The van der Waals surface area contributed by atoms with Gasteiger partial charge in [-0.1, -0.05) is 11.8 Å². The number of hydrogen-bond donors (Lipinski definition) is 1. The van der Waals surface area contributed by atoms with Crippen molar-refractivity contribution < 1.29 is 23.7 Å². The Morgan fingerprint density at radius 1 is 1.22 bits per heavy atom. The van der Waals surface area contributed by atoms with E-state index in [0.29, 0.717) is 22.3 Å². The Morgan fingerprint density at radius 3 is 2.39 bits per heavy atom. The topological polar surface area (TPSA) is 92.9 Å². The number of benzene rings is 1. The standard InChI is InChI=1S/C14H16N2O5S2/c1-18-9-4-8(5-10(19-2)13(9)20-3)22-12-6-16-11(23-12)7-21-14(15)17/h4-6H,7H2,1-3H3,(H2,15,17). The van der Waals surface area contributed by atoms with Gasteiger partial charge >= 0.3 is 6.09 Å². The van der Waals surface area contributed by atoms with Crippen LogP contribution < -0.4 is 19.9 Å². The van der Waals surface area contributed by atoms with Gasteiger partial charge in [0.15, 0.2) is 11.5 Å². The van der Waals surface area contributed by atoms with E-state index in [1.807, 2.05) is 12.1 Å². The summed E-state index contributed by atoms with van der Waals surface area (Å²) in [5, 5.41) is 0.666. The highest BCUT2D eigenvalue weighted by molar-refractivity contribution is 8.01. The van der Waals surface area contributed by atoms with Crippen molar-refractivity contribution in [1.82, 2.24) is 4.98 Å². The van der Waals surface area contributed by atoms with E-state index in [9.17, 15) is 4.79 Å². The highest BCUT2D eigenvalue weighted by Gasteiger charge is 2.14. The van der Waals surface area contributed by atoms with Crippen LogP contribution in [0.5, 0.6) is 17.2 Å². The van der Waals surface area contributed by atoms with E-state index in [1.165, 1.54) is 23.1 Å². The molecule has 0 bridgehead atoms. The van der Waals surface area contributed by atoms with Crippen LogP contribution in [0.1, 0.15) is 5.01 Å². The predicted molar refractivity (Wildman–Crippen MR) is 86.7 cm³/mol. The third-order valence-electron chi connectivity index (χ3n) is 2.73. The maximum Gasteiger partial charge on any atom is 0.404 e. The summed E-state index contributed by atoms with van der Waals surface area (Å²) in [5.41, 5.74) is 4.93. The van der Waals surface area contributed by atoms with Gasteiger partial charge in [0.2, 0.25) is 5.75 Å². The van der Waals surface area contributed by atoms with Crippen LogP contribution in [0.3, 0.4) is 0 Å². The molecule has 0 aliphatic rings. The van der Waals surface area contributed by atoms with Crippen LogP contribution >= 0.6 is 23.1 Å². The summed E-state index contributed by atoms with van der Waals surface area (Å²) < 4.78 is 21.6. The van der Waals surface area contributed by atoms with Gasteiger partial charge in [0.25, 0.3) is 0 Å². The predicted octanol–water partition coefficient (Wildman–Crippen LogP) is 2.92. The zero-order chi connectivity index (χ0) is 16.8. The molecule has 23 heavy (non-hydrogen) atoms. The summed E-state index contributed by atoms with van der Waals surface area (Å²) in [7, 11) is 4.69. The van der Waals surface area contributed by atoms with E-state index in [0.717, 1.165) is 9.10 Å². The molecule has 9 heteroatoms. The number of amides is 1. The Labute approximate surface area is 141 Å². The first-order valence-electron chi connectivity index (χ1n) is 6.42. The molecule has 7 nitrogen and oxygen atoms in total. The van der Waals surface area contributed by atoms with Gasteiger partial charge in [-0.2, -0.15) is 0 Å². The van der Waals surface area contributed by atoms with E-state index in [-0.39, 0.29) is 6.61 Å². The first-order chi connectivity index (χ1) is 11.1. The summed E-state index contributed by atoms with van der Waals surface area (Å²) in [4.78, 5) is 15.7. The normalized spacial score (nSPS) is 10.2. The van der Waals surface area contributed by atoms with Crippen LogP contribution in [0.25, 0.3) is 0 Å². The smallest absolute Gasteiger partial charge is 0.404 e. The molecule has 1 heterocycles. The van der Waals surface area contributed by atoms with Crippen molar-refractivity contribution in [3.8, 4) is 17.2 Å². The van der Waals surface area contributed by atoms with Crippen molar-refractivity contribution in [2.75, 3.05) is 21.3 Å². The molecule has 0 saturated heterocycles. The second-order valence-electron chi connectivity index (χ2n) is 4.14. The summed E-state index contributed by atoms with van der Waals surface area (Å²) in [6, 6.07) is 3.71. The minimum atomic E-state index is -0.820. The van der Waals surface area contributed by atoms with Crippen LogP contribution in [0.2, 0.25) is 0 Å². The van der Waals surface area contributed by atoms with Crippen LogP contribution in [-0.4, -0.2) is 32.4 Å². The molecular weight excluding hydrogens is 340 g/mol. The number of nitrogens with zero attached hydrogens (tertiary/aromatic N) is 1. The third kappa shape index (κ3) is 4.42.